The van der Waals surface area contributed by atoms with Gasteiger partial charge in [0.15, 0.2) is 5.41 Å². The van der Waals surface area contributed by atoms with E-state index >= 15 is 0 Å². The normalized spacial score (nSPS) is 20.9. The van der Waals surface area contributed by atoms with Crippen molar-refractivity contribution in [1.29, 1.82) is 0 Å². The van der Waals surface area contributed by atoms with Crippen molar-refractivity contribution in [3.05, 3.63) is 35.5 Å². The van der Waals surface area contributed by atoms with Crippen LogP contribution in [-0.2, 0) is 25.5 Å². The summed E-state index contributed by atoms with van der Waals surface area (Å²) in [5.41, 5.74) is 3.56. The summed E-state index contributed by atoms with van der Waals surface area (Å²) in [7, 11) is 0. The number of hydrogen-bond donors (Lipinski definition) is 1. The highest BCUT2D eigenvalue weighted by Crippen LogP contribution is 2.42. The molecule has 0 spiro atoms. The van der Waals surface area contributed by atoms with Gasteiger partial charge in [-0.3, -0.25) is 9.59 Å². The Balaban J connectivity index is 1.83. The number of carbonyl (C=O) groups excluding carboxylic acids is 2. The number of nitrogens with zero attached hydrogens (tertiary/aromatic N) is 1. The topological polar surface area (TPSA) is 71.4 Å². The highest BCUT2D eigenvalue weighted by atomic mass is 16.5. The Morgan fingerprint density at radius 2 is 1.93 bits per heavy atom. The number of carbonyl (C=O) groups is 2. The molecule has 2 aliphatic rings. The number of aromatic amines is 1. The molecule has 0 saturated carbocycles. The Bertz CT molecular complexity index is 974. The van der Waals surface area contributed by atoms with Gasteiger partial charge >= 0.3 is 11.9 Å². The summed E-state index contributed by atoms with van der Waals surface area (Å²) < 4.78 is 13.0. The second-order valence-electron chi connectivity index (χ2n) is 7.82. The van der Waals surface area contributed by atoms with E-state index in [-0.39, 0.29) is 18.4 Å². The van der Waals surface area contributed by atoms with Gasteiger partial charge in [-0.15, -0.1) is 0 Å². The number of esters is 2. The summed E-state index contributed by atoms with van der Waals surface area (Å²) in [4.78, 5) is 29.1. The van der Waals surface area contributed by atoms with Gasteiger partial charge in [-0.05, 0) is 38.3 Å². The van der Waals surface area contributed by atoms with E-state index in [2.05, 4.69) is 21.7 Å². The maximum absolute atomic E-state index is 13.3. The van der Waals surface area contributed by atoms with E-state index in [4.69, 9.17) is 9.47 Å². The number of H-pyrrole nitrogens is 1. The third kappa shape index (κ3) is 3.34. The van der Waals surface area contributed by atoms with Gasteiger partial charge < -0.3 is 14.5 Å². The molecule has 6 nitrogen and oxygen atoms in total. The third-order valence-electron chi connectivity index (χ3n) is 6.21. The first-order valence-electron chi connectivity index (χ1n) is 10.7. The van der Waals surface area contributed by atoms with Gasteiger partial charge in [-0.25, -0.2) is 4.58 Å². The molecular weight excluding hydrogens is 368 g/mol. The fourth-order valence-corrected chi connectivity index (χ4v) is 5.00. The van der Waals surface area contributed by atoms with Crippen LogP contribution in [0.15, 0.2) is 24.3 Å². The van der Waals surface area contributed by atoms with Crippen LogP contribution in [0.4, 0.5) is 0 Å². The van der Waals surface area contributed by atoms with Crippen LogP contribution in [0.1, 0.15) is 50.8 Å². The zero-order chi connectivity index (χ0) is 20.4. The minimum Gasteiger partial charge on any atom is -0.466 e. The fraction of sp³-hybridized carbons (Fsp3) is 0.522. The lowest BCUT2D eigenvalue weighted by Gasteiger charge is -2.35. The molecule has 0 saturated heterocycles. The molecule has 4 rings (SSSR count). The lowest BCUT2D eigenvalue weighted by atomic mass is 9.70. The van der Waals surface area contributed by atoms with Gasteiger partial charge in [0.05, 0.1) is 13.2 Å². The van der Waals surface area contributed by atoms with Gasteiger partial charge in [-0.1, -0.05) is 18.2 Å². The van der Waals surface area contributed by atoms with E-state index in [9.17, 15) is 9.59 Å². The van der Waals surface area contributed by atoms with Crippen LogP contribution in [-0.4, -0.2) is 53.5 Å². The molecule has 0 fully saturated rings. The molecule has 1 aromatic carbocycles. The predicted molar refractivity (Wildman–Crippen MR) is 110 cm³/mol. The van der Waals surface area contributed by atoms with Crippen molar-refractivity contribution in [3.8, 4) is 0 Å². The van der Waals surface area contributed by atoms with E-state index in [1.807, 2.05) is 19.1 Å². The van der Waals surface area contributed by atoms with Crippen molar-refractivity contribution in [3.63, 3.8) is 0 Å². The van der Waals surface area contributed by atoms with Crippen LogP contribution in [0.5, 0.6) is 0 Å². The van der Waals surface area contributed by atoms with Crippen LogP contribution in [0, 0.1) is 5.41 Å². The van der Waals surface area contributed by atoms with E-state index in [1.54, 1.807) is 6.92 Å². The highest BCUT2D eigenvalue weighted by molar-refractivity contribution is 6.15. The molecule has 2 aromatic rings. The van der Waals surface area contributed by atoms with Crippen LogP contribution in [0.2, 0.25) is 0 Å². The Morgan fingerprint density at radius 3 is 2.72 bits per heavy atom. The van der Waals surface area contributed by atoms with Crippen molar-refractivity contribution < 1.29 is 23.6 Å². The summed E-state index contributed by atoms with van der Waals surface area (Å²) in [5, 5.41) is 1.21. The molecule has 0 amide bonds. The largest absolute Gasteiger partial charge is 0.466 e. The maximum Gasteiger partial charge on any atom is 0.322 e. The van der Waals surface area contributed by atoms with E-state index in [1.165, 1.54) is 10.9 Å². The SMILES string of the molecule is CCOC(=O)CCC1(C(=O)OCC)CCC[N+]2=C1c1[nH]c3ccccc3c1CC2. The van der Waals surface area contributed by atoms with Gasteiger partial charge in [0.25, 0.3) is 0 Å². The average Bonchev–Trinajstić information content (AvgIpc) is 3.11. The molecule has 1 atom stereocenters. The number of nitrogens with one attached hydrogen (secondary N) is 1. The van der Waals surface area contributed by atoms with Gasteiger partial charge in [-0.2, -0.15) is 0 Å². The summed E-state index contributed by atoms with van der Waals surface area (Å²) in [6, 6.07) is 8.28. The zero-order valence-corrected chi connectivity index (χ0v) is 17.3. The van der Waals surface area contributed by atoms with Crippen molar-refractivity contribution in [2.24, 2.45) is 5.41 Å². The first-order valence-corrected chi connectivity index (χ1v) is 10.7. The van der Waals surface area contributed by atoms with Crippen LogP contribution in [0.25, 0.3) is 10.9 Å². The smallest absolute Gasteiger partial charge is 0.322 e. The summed E-state index contributed by atoms with van der Waals surface area (Å²) in [5.74, 6) is -0.489. The van der Waals surface area contributed by atoms with Gasteiger partial charge in [0.1, 0.15) is 18.8 Å². The molecule has 0 aliphatic carbocycles. The second-order valence-corrected chi connectivity index (χ2v) is 7.82. The molecule has 1 N–H and O–H groups in total. The van der Waals surface area contributed by atoms with E-state index in [0.717, 1.165) is 42.9 Å². The average molecular weight is 397 g/mol. The molecule has 1 unspecified atom stereocenters. The highest BCUT2D eigenvalue weighted by Gasteiger charge is 2.54. The van der Waals surface area contributed by atoms with Crippen molar-refractivity contribution in [2.75, 3.05) is 26.3 Å². The summed E-state index contributed by atoms with van der Waals surface area (Å²) >= 11 is 0. The Kier molecular flexibility index (Phi) is 5.43. The lowest BCUT2D eigenvalue weighted by Crippen LogP contribution is -2.51. The standard InChI is InChI=1S/C23H28N2O4/c1-3-28-19(26)10-13-23(22(27)29-4-2)12-7-14-25-15-11-17-16-8-5-6-9-18(16)24-20(17)21(23)25/h5-6,8-9H,3-4,7,10-15H2,1-2H3/p+1. The van der Waals surface area contributed by atoms with Crippen molar-refractivity contribution in [1.82, 2.24) is 4.98 Å². The number of hydrogen-bond acceptors (Lipinski definition) is 4. The van der Waals surface area contributed by atoms with E-state index in [0.29, 0.717) is 26.1 Å². The van der Waals surface area contributed by atoms with E-state index < -0.39 is 5.41 Å². The fourth-order valence-electron chi connectivity index (χ4n) is 5.00. The molecule has 1 aromatic heterocycles. The first-order chi connectivity index (χ1) is 14.1. The Morgan fingerprint density at radius 1 is 1.14 bits per heavy atom. The monoisotopic (exact) mass is 397 g/mol. The lowest BCUT2D eigenvalue weighted by molar-refractivity contribution is -0.537. The Hall–Kier alpha value is -2.63. The third-order valence-corrected chi connectivity index (χ3v) is 6.21. The zero-order valence-electron chi connectivity index (χ0n) is 17.3. The number of rotatable bonds is 6. The predicted octanol–water partition coefficient (Wildman–Crippen LogP) is 3.21. The number of para-hydroxylation sites is 1. The minimum atomic E-state index is -0.822. The second kappa shape index (κ2) is 8.01. The maximum atomic E-state index is 13.3. The number of fused-ring (bicyclic) bond motifs is 4. The van der Waals surface area contributed by atoms with Crippen molar-refractivity contribution in [2.45, 2.75) is 46.0 Å². The Labute approximate surface area is 170 Å². The molecule has 154 valence electrons. The van der Waals surface area contributed by atoms with Gasteiger partial charge in [0.2, 0.25) is 5.71 Å². The van der Waals surface area contributed by atoms with Gasteiger partial charge in [0, 0.05) is 30.2 Å². The first kappa shape index (κ1) is 19.7. The van der Waals surface area contributed by atoms with Crippen molar-refractivity contribution >= 4 is 28.6 Å². The molecule has 2 aliphatic heterocycles. The number of aromatic nitrogens is 1. The molecule has 3 heterocycles. The molecule has 6 heteroatoms. The number of ether oxygens (including phenoxy) is 2. The summed E-state index contributed by atoms with van der Waals surface area (Å²) in [6.45, 7) is 6.10. The molecule has 0 radical (unpaired) electrons. The molecular formula is C23H29N2O4+. The molecule has 29 heavy (non-hydrogen) atoms. The molecule has 0 bridgehead atoms. The van der Waals surface area contributed by atoms with Crippen LogP contribution < -0.4 is 0 Å². The minimum absolute atomic E-state index is 0.208. The summed E-state index contributed by atoms with van der Waals surface area (Å²) in [6.07, 6.45) is 3.15. The number of benzene rings is 1. The van der Waals surface area contributed by atoms with Crippen LogP contribution in [0.3, 0.4) is 0 Å². The van der Waals surface area contributed by atoms with Crippen LogP contribution >= 0.6 is 0 Å². The quantitative estimate of drug-likeness (QED) is 0.600.